The van der Waals surface area contributed by atoms with Crippen molar-refractivity contribution in [1.82, 2.24) is 9.97 Å². The monoisotopic (exact) mass is 259 g/mol. The third kappa shape index (κ3) is 3.20. The third-order valence-electron chi connectivity index (χ3n) is 2.74. The Morgan fingerprint density at radius 2 is 2.00 bits per heavy atom. The summed E-state index contributed by atoms with van der Waals surface area (Å²) < 4.78 is 11.0. The van der Waals surface area contributed by atoms with Gasteiger partial charge >= 0.3 is 0 Å². The molecule has 1 heterocycles. The van der Waals surface area contributed by atoms with Gasteiger partial charge in [0.15, 0.2) is 11.5 Å². The minimum atomic E-state index is 0.363. The summed E-state index contributed by atoms with van der Waals surface area (Å²) in [6.07, 6.45) is 4.10. The van der Waals surface area contributed by atoms with Crippen LogP contribution < -0.4 is 15.2 Å². The minimum absolute atomic E-state index is 0.363. The summed E-state index contributed by atoms with van der Waals surface area (Å²) in [6, 6.07) is 5.83. The van der Waals surface area contributed by atoms with Crippen molar-refractivity contribution in [2.75, 3.05) is 7.11 Å². The van der Waals surface area contributed by atoms with E-state index in [-0.39, 0.29) is 0 Å². The Hall–Kier alpha value is -2.14. The van der Waals surface area contributed by atoms with E-state index in [0.717, 1.165) is 12.1 Å². The summed E-state index contributed by atoms with van der Waals surface area (Å²) >= 11 is 0. The Bertz CT molecular complexity index is 541. The summed E-state index contributed by atoms with van der Waals surface area (Å²) in [5.74, 6) is 1.72. The Morgan fingerprint density at radius 1 is 1.16 bits per heavy atom. The third-order valence-corrected chi connectivity index (χ3v) is 2.74. The SMILES string of the molecule is CCc1ccc(Oc2cnc(CN)cn2)c(OC)c1. The van der Waals surface area contributed by atoms with Crippen molar-refractivity contribution < 1.29 is 9.47 Å². The number of hydrogen-bond donors (Lipinski definition) is 1. The maximum atomic E-state index is 5.66. The molecule has 0 unspecified atom stereocenters. The van der Waals surface area contributed by atoms with Gasteiger partial charge in [-0.1, -0.05) is 13.0 Å². The van der Waals surface area contributed by atoms with E-state index in [2.05, 4.69) is 16.9 Å². The van der Waals surface area contributed by atoms with Crippen molar-refractivity contribution in [3.8, 4) is 17.4 Å². The van der Waals surface area contributed by atoms with Crippen molar-refractivity contribution >= 4 is 0 Å². The van der Waals surface area contributed by atoms with Crippen LogP contribution in [0.5, 0.6) is 17.4 Å². The van der Waals surface area contributed by atoms with Gasteiger partial charge in [-0.15, -0.1) is 0 Å². The second kappa shape index (κ2) is 6.15. The molecule has 0 aliphatic carbocycles. The zero-order valence-electron chi connectivity index (χ0n) is 11.1. The lowest BCUT2D eigenvalue weighted by atomic mass is 10.1. The molecule has 2 rings (SSSR count). The first-order valence-corrected chi connectivity index (χ1v) is 6.12. The summed E-state index contributed by atoms with van der Waals surface area (Å²) in [5.41, 5.74) is 7.38. The molecule has 0 saturated heterocycles. The van der Waals surface area contributed by atoms with Crippen molar-refractivity contribution in [3.05, 3.63) is 41.9 Å². The maximum Gasteiger partial charge on any atom is 0.238 e. The number of benzene rings is 1. The molecule has 0 spiro atoms. The lowest BCUT2D eigenvalue weighted by molar-refractivity contribution is 0.373. The highest BCUT2D eigenvalue weighted by Crippen LogP contribution is 2.31. The van der Waals surface area contributed by atoms with Gasteiger partial charge in [0.25, 0.3) is 0 Å². The molecular formula is C14H17N3O2. The van der Waals surface area contributed by atoms with Crippen LogP contribution in [-0.2, 0) is 13.0 Å². The fraction of sp³-hybridized carbons (Fsp3) is 0.286. The number of nitrogens with two attached hydrogens (primary N) is 1. The number of rotatable bonds is 5. The molecule has 0 amide bonds. The summed E-state index contributed by atoms with van der Waals surface area (Å²) in [4.78, 5) is 8.27. The molecule has 0 saturated carbocycles. The Morgan fingerprint density at radius 3 is 2.58 bits per heavy atom. The van der Waals surface area contributed by atoms with Crippen LogP contribution in [0.25, 0.3) is 0 Å². The molecular weight excluding hydrogens is 242 g/mol. The van der Waals surface area contributed by atoms with Gasteiger partial charge < -0.3 is 15.2 Å². The second-order valence-electron chi connectivity index (χ2n) is 3.99. The molecule has 2 N–H and O–H groups in total. The molecule has 0 bridgehead atoms. The zero-order valence-corrected chi connectivity index (χ0v) is 11.1. The van der Waals surface area contributed by atoms with Gasteiger partial charge in [0, 0.05) is 6.54 Å². The number of methoxy groups -OCH3 is 1. The quantitative estimate of drug-likeness (QED) is 0.892. The van der Waals surface area contributed by atoms with Crippen molar-refractivity contribution in [1.29, 1.82) is 0 Å². The first-order chi connectivity index (χ1) is 9.26. The number of aryl methyl sites for hydroxylation is 1. The molecule has 2 aromatic rings. The molecule has 0 radical (unpaired) electrons. The van der Waals surface area contributed by atoms with E-state index in [4.69, 9.17) is 15.2 Å². The molecule has 5 heteroatoms. The highest BCUT2D eigenvalue weighted by Gasteiger charge is 2.07. The summed E-state index contributed by atoms with van der Waals surface area (Å²) in [5, 5.41) is 0. The van der Waals surface area contributed by atoms with Crippen molar-refractivity contribution in [2.45, 2.75) is 19.9 Å². The van der Waals surface area contributed by atoms with Gasteiger partial charge in [-0.25, -0.2) is 4.98 Å². The zero-order chi connectivity index (χ0) is 13.7. The molecule has 100 valence electrons. The Kier molecular flexibility index (Phi) is 4.30. The van der Waals surface area contributed by atoms with Crippen LogP contribution in [0.2, 0.25) is 0 Å². The molecule has 1 aromatic heterocycles. The molecule has 19 heavy (non-hydrogen) atoms. The van der Waals surface area contributed by atoms with Crippen LogP contribution in [0.1, 0.15) is 18.2 Å². The predicted molar refractivity (Wildman–Crippen MR) is 72.4 cm³/mol. The van der Waals surface area contributed by atoms with Crippen LogP contribution in [0.3, 0.4) is 0 Å². The average molecular weight is 259 g/mol. The maximum absolute atomic E-state index is 5.66. The van der Waals surface area contributed by atoms with Crippen LogP contribution >= 0.6 is 0 Å². The van der Waals surface area contributed by atoms with E-state index in [1.807, 2.05) is 18.2 Å². The fourth-order valence-corrected chi connectivity index (χ4v) is 1.63. The number of hydrogen-bond acceptors (Lipinski definition) is 5. The first kappa shape index (κ1) is 13.3. The number of aromatic nitrogens is 2. The topological polar surface area (TPSA) is 70.3 Å². The van der Waals surface area contributed by atoms with Crippen molar-refractivity contribution in [2.24, 2.45) is 5.73 Å². The van der Waals surface area contributed by atoms with E-state index in [0.29, 0.717) is 23.9 Å². The minimum Gasteiger partial charge on any atom is -0.493 e. The molecule has 0 aliphatic heterocycles. The van der Waals surface area contributed by atoms with E-state index in [1.165, 1.54) is 5.56 Å². The normalized spacial score (nSPS) is 10.3. The lowest BCUT2D eigenvalue weighted by Gasteiger charge is -2.10. The average Bonchev–Trinajstić information content (AvgIpc) is 2.48. The van der Waals surface area contributed by atoms with Crippen LogP contribution in [0.4, 0.5) is 0 Å². The Labute approximate surface area is 112 Å². The van der Waals surface area contributed by atoms with Crippen LogP contribution in [-0.4, -0.2) is 17.1 Å². The first-order valence-electron chi connectivity index (χ1n) is 6.12. The Balaban J connectivity index is 2.21. The second-order valence-corrected chi connectivity index (χ2v) is 3.99. The van der Waals surface area contributed by atoms with Gasteiger partial charge in [0.2, 0.25) is 5.88 Å². The van der Waals surface area contributed by atoms with Gasteiger partial charge in [0.1, 0.15) is 0 Å². The summed E-state index contributed by atoms with van der Waals surface area (Å²) in [6.45, 7) is 2.45. The van der Waals surface area contributed by atoms with Gasteiger partial charge in [-0.2, -0.15) is 0 Å². The largest absolute Gasteiger partial charge is 0.493 e. The van der Waals surface area contributed by atoms with Crippen LogP contribution in [0, 0.1) is 0 Å². The highest BCUT2D eigenvalue weighted by molar-refractivity contribution is 5.44. The highest BCUT2D eigenvalue weighted by atomic mass is 16.5. The molecule has 0 aliphatic rings. The van der Waals surface area contributed by atoms with E-state index < -0.39 is 0 Å². The predicted octanol–water partition coefficient (Wildman–Crippen LogP) is 2.30. The van der Waals surface area contributed by atoms with E-state index in [1.54, 1.807) is 19.5 Å². The molecule has 5 nitrogen and oxygen atoms in total. The van der Waals surface area contributed by atoms with Crippen LogP contribution in [0.15, 0.2) is 30.6 Å². The molecule has 1 aromatic carbocycles. The lowest BCUT2D eigenvalue weighted by Crippen LogP contribution is -2.01. The smallest absolute Gasteiger partial charge is 0.238 e. The fourth-order valence-electron chi connectivity index (χ4n) is 1.63. The van der Waals surface area contributed by atoms with E-state index in [9.17, 15) is 0 Å². The number of nitrogens with zero attached hydrogens (tertiary/aromatic N) is 2. The number of ether oxygens (including phenoxy) is 2. The van der Waals surface area contributed by atoms with Crippen molar-refractivity contribution in [3.63, 3.8) is 0 Å². The van der Waals surface area contributed by atoms with Gasteiger partial charge in [-0.05, 0) is 24.1 Å². The van der Waals surface area contributed by atoms with E-state index >= 15 is 0 Å². The standard InChI is InChI=1S/C14H17N3O2/c1-3-10-4-5-12(13(6-10)18-2)19-14-9-16-11(7-15)8-17-14/h4-6,8-9H,3,7,15H2,1-2H3. The molecule has 0 atom stereocenters. The summed E-state index contributed by atoms with van der Waals surface area (Å²) in [7, 11) is 1.62. The molecule has 0 fully saturated rings. The van der Waals surface area contributed by atoms with Gasteiger partial charge in [-0.3, -0.25) is 4.98 Å². The van der Waals surface area contributed by atoms with Gasteiger partial charge in [0.05, 0.1) is 25.2 Å².